The average Bonchev–Trinajstić information content (AvgIpc) is 2.00. The lowest BCUT2D eigenvalue weighted by atomic mass is 9.92. The molecule has 0 aromatic rings. The average molecular weight is 202 g/mol. The summed E-state index contributed by atoms with van der Waals surface area (Å²) in [6, 6.07) is 0. The molecule has 0 saturated carbocycles. The molecule has 4 nitrogen and oxygen atoms in total. The van der Waals surface area contributed by atoms with Crippen molar-refractivity contribution < 1.29 is 9.53 Å². The third kappa shape index (κ3) is 11.4. The van der Waals surface area contributed by atoms with E-state index in [9.17, 15) is 4.79 Å². The molecule has 0 unspecified atom stereocenters. The van der Waals surface area contributed by atoms with Gasteiger partial charge in [-0.15, -0.1) is 0 Å². The Balaban J connectivity index is 3.11. The molecular formula is C10H22N2O2. The SMILES string of the molecule is CC(C)(C)CCNCCOCC(N)=O. The van der Waals surface area contributed by atoms with Crippen LogP contribution < -0.4 is 11.1 Å². The Morgan fingerprint density at radius 1 is 1.36 bits per heavy atom. The van der Waals surface area contributed by atoms with Crippen LogP contribution in [0.15, 0.2) is 0 Å². The van der Waals surface area contributed by atoms with Crippen molar-refractivity contribution in [3.8, 4) is 0 Å². The molecule has 0 fully saturated rings. The number of amides is 1. The first kappa shape index (κ1) is 13.4. The van der Waals surface area contributed by atoms with Crippen molar-refractivity contribution in [2.45, 2.75) is 27.2 Å². The van der Waals surface area contributed by atoms with Gasteiger partial charge in [0.2, 0.25) is 5.91 Å². The molecule has 0 heterocycles. The number of hydrogen-bond donors (Lipinski definition) is 2. The molecule has 14 heavy (non-hydrogen) atoms. The van der Waals surface area contributed by atoms with Gasteiger partial charge in [0, 0.05) is 6.54 Å². The fourth-order valence-electron chi connectivity index (χ4n) is 0.905. The van der Waals surface area contributed by atoms with E-state index in [0.29, 0.717) is 12.0 Å². The maximum absolute atomic E-state index is 10.3. The molecule has 3 N–H and O–H groups in total. The van der Waals surface area contributed by atoms with E-state index in [1.807, 2.05) is 0 Å². The summed E-state index contributed by atoms with van der Waals surface area (Å²) in [5.41, 5.74) is 5.27. The minimum absolute atomic E-state index is 0.0148. The van der Waals surface area contributed by atoms with Crippen molar-refractivity contribution in [3.63, 3.8) is 0 Å². The van der Waals surface area contributed by atoms with Gasteiger partial charge in [-0.2, -0.15) is 0 Å². The number of nitrogens with two attached hydrogens (primary N) is 1. The van der Waals surface area contributed by atoms with Crippen LogP contribution in [0.4, 0.5) is 0 Å². The van der Waals surface area contributed by atoms with Gasteiger partial charge in [0.1, 0.15) is 6.61 Å². The van der Waals surface area contributed by atoms with Crippen LogP contribution >= 0.6 is 0 Å². The molecule has 0 spiro atoms. The molecular weight excluding hydrogens is 180 g/mol. The minimum Gasteiger partial charge on any atom is -0.370 e. The fourth-order valence-corrected chi connectivity index (χ4v) is 0.905. The summed E-state index contributed by atoms with van der Waals surface area (Å²) in [6.07, 6.45) is 1.13. The molecule has 1 amide bonds. The largest absolute Gasteiger partial charge is 0.370 e. The molecule has 0 bridgehead atoms. The Labute approximate surface area is 86.2 Å². The van der Waals surface area contributed by atoms with Gasteiger partial charge < -0.3 is 15.8 Å². The lowest BCUT2D eigenvalue weighted by Crippen LogP contribution is -2.26. The molecule has 0 aliphatic carbocycles. The molecule has 0 radical (unpaired) electrons. The summed E-state index contributed by atoms with van der Waals surface area (Å²) in [7, 11) is 0. The van der Waals surface area contributed by atoms with E-state index in [1.54, 1.807) is 0 Å². The second-order valence-corrected chi connectivity index (χ2v) is 4.58. The molecule has 0 aliphatic heterocycles. The van der Waals surface area contributed by atoms with Gasteiger partial charge in [0.05, 0.1) is 6.61 Å². The van der Waals surface area contributed by atoms with Crippen LogP contribution in [0.5, 0.6) is 0 Å². The van der Waals surface area contributed by atoms with Crippen molar-refractivity contribution in [2.24, 2.45) is 11.1 Å². The molecule has 0 rings (SSSR count). The van der Waals surface area contributed by atoms with Crippen molar-refractivity contribution >= 4 is 5.91 Å². The number of primary amides is 1. The van der Waals surface area contributed by atoms with E-state index in [1.165, 1.54) is 0 Å². The molecule has 0 aromatic carbocycles. The summed E-state index contributed by atoms with van der Waals surface area (Å²) >= 11 is 0. The Bertz CT molecular complexity index is 164. The fraction of sp³-hybridized carbons (Fsp3) is 0.900. The van der Waals surface area contributed by atoms with Gasteiger partial charge in [-0.25, -0.2) is 0 Å². The molecule has 0 saturated heterocycles. The van der Waals surface area contributed by atoms with E-state index in [-0.39, 0.29) is 6.61 Å². The predicted octanol–water partition coefficient (Wildman–Crippen LogP) is 0.514. The highest BCUT2D eigenvalue weighted by Gasteiger charge is 2.08. The van der Waals surface area contributed by atoms with E-state index < -0.39 is 5.91 Å². The zero-order chi connectivity index (χ0) is 11.0. The Kier molecular flexibility index (Phi) is 6.49. The van der Waals surface area contributed by atoms with E-state index in [2.05, 4.69) is 26.1 Å². The summed E-state index contributed by atoms with van der Waals surface area (Å²) in [5, 5.41) is 3.24. The smallest absolute Gasteiger partial charge is 0.243 e. The maximum Gasteiger partial charge on any atom is 0.243 e. The highest BCUT2D eigenvalue weighted by Crippen LogP contribution is 2.16. The van der Waals surface area contributed by atoms with Crippen LogP contribution in [0.1, 0.15) is 27.2 Å². The zero-order valence-corrected chi connectivity index (χ0v) is 9.43. The number of rotatable bonds is 7. The third-order valence-electron chi connectivity index (χ3n) is 1.72. The van der Waals surface area contributed by atoms with Crippen LogP contribution in [0, 0.1) is 5.41 Å². The molecule has 4 heteroatoms. The highest BCUT2D eigenvalue weighted by atomic mass is 16.5. The number of ether oxygens (including phenoxy) is 1. The van der Waals surface area contributed by atoms with Gasteiger partial charge in [-0.3, -0.25) is 4.79 Å². The van der Waals surface area contributed by atoms with E-state index >= 15 is 0 Å². The normalized spacial score (nSPS) is 11.6. The monoisotopic (exact) mass is 202 g/mol. The minimum atomic E-state index is -0.417. The molecule has 0 aromatic heterocycles. The Morgan fingerprint density at radius 2 is 2.00 bits per heavy atom. The topological polar surface area (TPSA) is 64.3 Å². The van der Waals surface area contributed by atoms with Gasteiger partial charge in [0.15, 0.2) is 0 Å². The van der Waals surface area contributed by atoms with E-state index in [4.69, 9.17) is 10.5 Å². The standard InChI is InChI=1S/C10H22N2O2/c1-10(2,3)4-5-12-6-7-14-8-9(11)13/h12H,4-8H2,1-3H3,(H2,11,13). The van der Waals surface area contributed by atoms with Crippen LogP contribution in [-0.2, 0) is 9.53 Å². The lowest BCUT2D eigenvalue weighted by Gasteiger charge is -2.17. The van der Waals surface area contributed by atoms with Gasteiger partial charge in [-0.1, -0.05) is 20.8 Å². The van der Waals surface area contributed by atoms with Crippen LogP contribution in [0.25, 0.3) is 0 Å². The molecule has 0 atom stereocenters. The number of carbonyl (C=O) groups is 1. The molecule has 0 aliphatic rings. The van der Waals surface area contributed by atoms with Gasteiger partial charge >= 0.3 is 0 Å². The number of hydrogen-bond acceptors (Lipinski definition) is 3. The summed E-state index contributed by atoms with van der Waals surface area (Å²) in [6.45, 7) is 8.91. The van der Waals surface area contributed by atoms with Gasteiger partial charge in [-0.05, 0) is 18.4 Å². The first-order chi connectivity index (χ1) is 6.42. The second kappa shape index (κ2) is 6.79. The van der Waals surface area contributed by atoms with Crippen LogP contribution in [-0.4, -0.2) is 32.2 Å². The summed E-state index contributed by atoms with van der Waals surface area (Å²) in [5.74, 6) is -0.417. The van der Waals surface area contributed by atoms with Crippen molar-refractivity contribution in [1.29, 1.82) is 0 Å². The lowest BCUT2D eigenvalue weighted by molar-refractivity contribution is -0.122. The van der Waals surface area contributed by atoms with Crippen LogP contribution in [0.2, 0.25) is 0 Å². The third-order valence-corrected chi connectivity index (χ3v) is 1.72. The molecule has 84 valence electrons. The first-order valence-corrected chi connectivity index (χ1v) is 4.98. The maximum atomic E-state index is 10.3. The van der Waals surface area contributed by atoms with Crippen molar-refractivity contribution in [1.82, 2.24) is 5.32 Å². The first-order valence-electron chi connectivity index (χ1n) is 4.98. The predicted molar refractivity (Wildman–Crippen MR) is 57.0 cm³/mol. The number of carbonyl (C=O) groups excluding carboxylic acids is 1. The van der Waals surface area contributed by atoms with Crippen LogP contribution in [0.3, 0.4) is 0 Å². The second-order valence-electron chi connectivity index (χ2n) is 4.58. The Hall–Kier alpha value is -0.610. The number of nitrogens with one attached hydrogen (secondary N) is 1. The van der Waals surface area contributed by atoms with Crippen molar-refractivity contribution in [3.05, 3.63) is 0 Å². The van der Waals surface area contributed by atoms with Gasteiger partial charge in [0.25, 0.3) is 0 Å². The zero-order valence-electron chi connectivity index (χ0n) is 9.43. The van der Waals surface area contributed by atoms with Crippen molar-refractivity contribution in [2.75, 3.05) is 26.3 Å². The Morgan fingerprint density at radius 3 is 2.50 bits per heavy atom. The van der Waals surface area contributed by atoms with E-state index in [0.717, 1.165) is 19.5 Å². The summed E-state index contributed by atoms with van der Waals surface area (Å²) < 4.78 is 4.99. The highest BCUT2D eigenvalue weighted by molar-refractivity contribution is 5.74. The summed E-state index contributed by atoms with van der Waals surface area (Å²) in [4.78, 5) is 10.3. The quantitative estimate of drug-likeness (QED) is 0.591.